The van der Waals surface area contributed by atoms with Crippen LogP contribution in [-0.4, -0.2) is 5.88 Å². The van der Waals surface area contributed by atoms with Gasteiger partial charge >= 0.3 is 0 Å². The molecule has 0 bridgehead atoms. The fourth-order valence-electron chi connectivity index (χ4n) is 2.61. The maximum absolute atomic E-state index is 6.18. The van der Waals surface area contributed by atoms with Crippen molar-refractivity contribution in [1.29, 1.82) is 0 Å². The number of rotatable bonds is 6. The fraction of sp³-hybridized carbons (Fsp3) is 0.400. The minimum Gasteiger partial charge on any atom is -0.126 e. The Bertz CT molecular complexity index is 537. The molecule has 0 radical (unpaired) electrons. The maximum Gasteiger partial charge on any atom is 0.0258 e. The minimum absolute atomic E-state index is 0.499. The lowest BCUT2D eigenvalue weighted by Gasteiger charge is -2.15. The first kappa shape index (κ1) is 16.1. The number of halogens is 1. The molecule has 0 spiro atoms. The summed E-state index contributed by atoms with van der Waals surface area (Å²) in [6.07, 6.45) is 2.10. The van der Waals surface area contributed by atoms with E-state index in [0.717, 1.165) is 12.8 Å². The van der Waals surface area contributed by atoms with E-state index in [0.29, 0.717) is 17.7 Å². The van der Waals surface area contributed by atoms with Gasteiger partial charge < -0.3 is 0 Å². The minimum atomic E-state index is 0.499. The van der Waals surface area contributed by atoms with Crippen molar-refractivity contribution in [3.05, 3.63) is 70.8 Å². The lowest BCUT2D eigenvalue weighted by molar-refractivity contribution is 0.583. The molecule has 0 saturated carbocycles. The van der Waals surface area contributed by atoms with E-state index >= 15 is 0 Å². The number of alkyl halides is 1. The van der Waals surface area contributed by atoms with E-state index in [1.54, 1.807) is 0 Å². The van der Waals surface area contributed by atoms with Crippen LogP contribution in [0.25, 0.3) is 0 Å². The highest BCUT2D eigenvalue weighted by Crippen LogP contribution is 2.19. The van der Waals surface area contributed by atoms with E-state index in [-0.39, 0.29) is 0 Å². The normalized spacial score (nSPS) is 12.6. The predicted molar refractivity (Wildman–Crippen MR) is 93.3 cm³/mol. The summed E-state index contributed by atoms with van der Waals surface area (Å²) in [4.78, 5) is 0. The largest absolute Gasteiger partial charge is 0.126 e. The van der Waals surface area contributed by atoms with E-state index in [4.69, 9.17) is 11.6 Å². The Kier molecular flexibility index (Phi) is 5.87. The Morgan fingerprint density at radius 1 is 0.810 bits per heavy atom. The Morgan fingerprint density at radius 2 is 1.29 bits per heavy atom. The molecule has 21 heavy (non-hydrogen) atoms. The zero-order chi connectivity index (χ0) is 15.2. The lowest BCUT2D eigenvalue weighted by atomic mass is 9.92. The van der Waals surface area contributed by atoms with E-state index in [1.165, 1.54) is 22.3 Å². The molecule has 112 valence electrons. The van der Waals surface area contributed by atoms with Crippen LogP contribution in [0.3, 0.4) is 0 Å². The second-order valence-corrected chi connectivity index (χ2v) is 6.62. The van der Waals surface area contributed by atoms with Crippen LogP contribution in [0, 0.1) is 12.8 Å². The third-order valence-electron chi connectivity index (χ3n) is 4.03. The van der Waals surface area contributed by atoms with Gasteiger partial charge in [0.15, 0.2) is 0 Å². The van der Waals surface area contributed by atoms with Crippen molar-refractivity contribution in [3.8, 4) is 0 Å². The summed E-state index contributed by atoms with van der Waals surface area (Å²) in [5.74, 6) is 1.80. The van der Waals surface area contributed by atoms with Crippen molar-refractivity contribution in [1.82, 2.24) is 0 Å². The van der Waals surface area contributed by atoms with Gasteiger partial charge in [0.05, 0.1) is 0 Å². The molecule has 0 amide bonds. The Balaban J connectivity index is 1.99. The maximum atomic E-state index is 6.18. The zero-order valence-electron chi connectivity index (χ0n) is 13.3. The topological polar surface area (TPSA) is 0 Å². The molecule has 0 saturated heterocycles. The summed E-state index contributed by atoms with van der Waals surface area (Å²) in [5, 5.41) is 0. The van der Waals surface area contributed by atoms with Crippen molar-refractivity contribution in [2.75, 3.05) is 5.88 Å². The van der Waals surface area contributed by atoms with Crippen LogP contribution >= 0.6 is 11.6 Å². The van der Waals surface area contributed by atoms with E-state index < -0.39 is 0 Å². The van der Waals surface area contributed by atoms with Crippen LogP contribution in [-0.2, 0) is 12.8 Å². The van der Waals surface area contributed by atoms with Gasteiger partial charge in [-0.25, -0.2) is 0 Å². The Hall–Kier alpha value is -1.27. The van der Waals surface area contributed by atoms with Crippen LogP contribution in [0.15, 0.2) is 48.5 Å². The summed E-state index contributed by atoms with van der Waals surface area (Å²) in [7, 11) is 0. The van der Waals surface area contributed by atoms with Crippen LogP contribution in [0.4, 0.5) is 0 Å². The molecule has 2 aromatic rings. The van der Waals surface area contributed by atoms with Crippen molar-refractivity contribution in [2.24, 2.45) is 5.92 Å². The first-order valence-electron chi connectivity index (χ1n) is 7.79. The molecule has 0 aliphatic carbocycles. The number of hydrogen-bond donors (Lipinski definition) is 0. The molecule has 1 unspecified atom stereocenters. The summed E-state index contributed by atoms with van der Waals surface area (Å²) in [5.41, 5.74) is 5.48. The van der Waals surface area contributed by atoms with Crippen LogP contribution in [0.2, 0.25) is 0 Å². The second kappa shape index (κ2) is 7.66. The highest BCUT2D eigenvalue weighted by molar-refractivity contribution is 6.18. The van der Waals surface area contributed by atoms with Gasteiger partial charge in [-0.3, -0.25) is 0 Å². The summed E-state index contributed by atoms with van der Waals surface area (Å²) >= 11 is 6.18. The first-order chi connectivity index (χ1) is 10.1. The number of hydrogen-bond acceptors (Lipinski definition) is 0. The quantitative estimate of drug-likeness (QED) is 0.595. The van der Waals surface area contributed by atoms with Crippen molar-refractivity contribution >= 4 is 11.6 Å². The standard InChI is InChI=1S/C20H25Cl/c1-15(2)20-10-8-18(9-11-20)13-19(14-21)12-17-6-4-16(3)5-7-17/h4-11,15,19H,12-14H2,1-3H3. The van der Waals surface area contributed by atoms with Crippen LogP contribution in [0.1, 0.15) is 42.0 Å². The highest BCUT2D eigenvalue weighted by Gasteiger charge is 2.10. The molecule has 0 aromatic heterocycles. The molecule has 0 N–H and O–H groups in total. The van der Waals surface area contributed by atoms with Crippen molar-refractivity contribution in [3.63, 3.8) is 0 Å². The average Bonchev–Trinajstić information content (AvgIpc) is 2.49. The monoisotopic (exact) mass is 300 g/mol. The van der Waals surface area contributed by atoms with Gasteiger partial charge in [-0.1, -0.05) is 67.9 Å². The van der Waals surface area contributed by atoms with Gasteiger partial charge in [-0.05, 0) is 48.3 Å². The highest BCUT2D eigenvalue weighted by atomic mass is 35.5. The predicted octanol–water partition coefficient (Wildman–Crippen LogP) is 5.76. The fourth-order valence-corrected chi connectivity index (χ4v) is 2.83. The summed E-state index contributed by atoms with van der Waals surface area (Å²) in [6, 6.07) is 17.8. The molecular formula is C20H25Cl. The van der Waals surface area contributed by atoms with Gasteiger partial charge in [-0.15, -0.1) is 11.6 Å². The Labute approximate surface area is 134 Å². The molecule has 0 nitrogen and oxygen atoms in total. The van der Waals surface area contributed by atoms with Gasteiger partial charge in [0.2, 0.25) is 0 Å². The molecule has 0 aliphatic heterocycles. The first-order valence-corrected chi connectivity index (χ1v) is 8.32. The van der Waals surface area contributed by atoms with Crippen molar-refractivity contribution < 1.29 is 0 Å². The van der Waals surface area contributed by atoms with Crippen LogP contribution < -0.4 is 0 Å². The molecular weight excluding hydrogens is 276 g/mol. The lowest BCUT2D eigenvalue weighted by Crippen LogP contribution is -2.10. The smallest absolute Gasteiger partial charge is 0.0258 e. The summed E-state index contributed by atoms with van der Waals surface area (Å²) < 4.78 is 0. The molecule has 0 heterocycles. The molecule has 1 heteroatoms. The average molecular weight is 301 g/mol. The van der Waals surface area contributed by atoms with Gasteiger partial charge in [0.1, 0.15) is 0 Å². The molecule has 2 aromatic carbocycles. The number of aryl methyl sites for hydroxylation is 1. The molecule has 0 aliphatic rings. The van der Waals surface area contributed by atoms with Gasteiger partial charge in [-0.2, -0.15) is 0 Å². The summed E-state index contributed by atoms with van der Waals surface area (Å²) in [6.45, 7) is 6.58. The van der Waals surface area contributed by atoms with E-state index in [2.05, 4.69) is 69.3 Å². The van der Waals surface area contributed by atoms with Crippen LogP contribution in [0.5, 0.6) is 0 Å². The third kappa shape index (κ3) is 4.89. The zero-order valence-corrected chi connectivity index (χ0v) is 14.0. The van der Waals surface area contributed by atoms with E-state index in [9.17, 15) is 0 Å². The molecule has 1 atom stereocenters. The van der Waals surface area contributed by atoms with Gasteiger partial charge in [0.25, 0.3) is 0 Å². The van der Waals surface area contributed by atoms with Gasteiger partial charge in [0, 0.05) is 5.88 Å². The Morgan fingerprint density at radius 3 is 1.71 bits per heavy atom. The SMILES string of the molecule is Cc1ccc(CC(CCl)Cc2ccc(C(C)C)cc2)cc1. The molecule has 2 rings (SSSR count). The number of benzene rings is 2. The molecule has 0 fully saturated rings. The second-order valence-electron chi connectivity index (χ2n) is 6.31. The van der Waals surface area contributed by atoms with E-state index in [1.807, 2.05) is 0 Å². The third-order valence-corrected chi connectivity index (χ3v) is 4.47. The van der Waals surface area contributed by atoms with Crippen molar-refractivity contribution in [2.45, 2.75) is 39.5 Å².